The lowest BCUT2D eigenvalue weighted by Crippen LogP contribution is -2.16. The Morgan fingerprint density at radius 1 is 1.27 bits per heavy atom. The fourth-order valence-electron chi connectivity index (χ4n) is 1.67. The Hall–Kier alpha value is -1.42. The first kappa shape index (κ1) is 8.85. The van der Waals surface area contributed by atoms with Crippen molar-refractivity contribution in [3.63, 3.8) is 0 Å². The van der Waals surface area contributed by atoms with E-state index < -0.39 is 0 Å². The largest absolute Gasteiger partial charge is 0.286 e. The van der Waals surface area contributed by atoms with Gasteiger partial charge in [0, 0.05) is 11.6 Å². The van der Waals surface area contributed by atoms with E-state index in [2.05, 4.69) is 32.2 Å². The quantitative estimate of drug-likeness (QED) is 0.682. The lowest BCUT2D eigenvalue weighted by atomic mass is 10.2. The topological polar surface area (TPSA) is 28.5 Å². The number of fused-ring (bicyclic) bond motifs is 2. The van der Waals surface area contributed by atoms with Crippen LogP contribution in [0.2, 0.25) is 0 Å². The third-order valence-electron chi connectivity index (χ3n) is 2.39. The summed E-state index contributed by atoms with van der Waals surface area (Å²) in [4.78, 5) is 8.90. The molecule has 0 aliphatic carbocycles. The monoisotopic (exact) mass is 261 g/mol. The van der Waals surface area contributed by atoms with Crippen LogP contribution in [0, 0.1) is 0 Å². The Bertz CT molecular complexity index is 551. The Morgan fingerprint density at radius 2 is 2.13 bits per heavy atom. The predicted molar refractivity (Wildman–Crippen MR) is 66.2 cm³/mol. The maximum absolute atomic E-state index is 4.56. The number of aliphatic imine (C=N–C) groups is 1. The molecule has 1 aromatic heterocycles. The Labute approximate surface area is 95.8 Å². The standard InChI is InChI=1S/C11H8BrN3/c12-15-6-5-13-10-7-8-3-1-2-4-9(8)14-11(10)15/h1-5,7H,6H2. The molecular weight excluding hydrogens is 254 g/mol. The lowest BCUT2D eigenvalue weighted by Gasteiger charge is -2.19. The van der Waals surface area contributed by atoms with E-state index in [9.17, 15) is 0 Å². The first-order valence-electron chi connectivity index (χ1n) is 4.70. The van der Waals surface area contributed by atoms with Gasteiger partial charge in [0.15, 0.2) is 5.82 Å². The van der Waals surface area contributed by atoms with Gasteiger partial charge in [-0.25, -0.2) is 4.98 Å². The second kappa shape index (κ2) is 3.31. The molecule has 1 aliphatic rings. The van der Waals surface area contributed by atoms with Crippen LogP contribution < -0.4 is 3.93 Å². The summed E-state index contributed by atoms with van der Waals surface area (Å²) in [7, 11) is 0. The number of pyridine rings is 1. The normalized spacial score (nSPS) is 14.3. The van der Waals surface area contributed by atoms with Gasteiger partial charge in [0.2, 0.25) is 0 Å². The summed E-state index contributed by atoms with van der Waals surface area (Å²) >= 11 is 3.45. The van der Waals surface area contributed by atoms with E-state index in [4.69, 9.17) is 0 Å². The number of anilines is 1. The van der Waals surface area contributed by atoms with Gasteiger partial charge in [0.25, 0.3) is 0 Å². The molecule has 3 rings (SSSR count). The Kier molecular flexibility index (Phi) is 1.95. The second-order valence-electron chi connectivity index (χ2n) is 3.38. The molecular formula is C11H8BrN3. The van der Waals surface area contributed by atoms with Gasteiger partial charge in [-0.1, -0.05) is 18.2 Å². The van der Waals surface area contributed by atoms with Crippen molar-refractivity contribution in [2.24, 2.45) is 4.99 Å². The fourth-order valence-corrected chi connectivity index (χ4v) is 2.06. The molecule has 1 aliphatic heterocycles. The van der Waals surface area contributed by atoms with Gasteiger partial charge in [-0.05, 0) is 12.1 Å². The van der Waals surface area contributed by atoms with E-state index in [1.54, 1.807) is 0 Å². The van der Waals surface area contributed by atoms with Crippen LogP contribution in [0.3, 0.4) is 0 Å². The summed E-state index contributed by atoms with van der Waals surface area (Å²) in [6.07, 6.45) is 1.87. The van der Waals surface area contributed by atoms with Gasteiger partial charge in [0.05, 0.1) is 28.2 Å². The van der Waals surface area contributed by atoms with Crippen LogP contribution in [-0.4, -0.2) is 17.7 Å². The van der Waals surface area contributed by atoms with Crippen molar-refractivity contribution in [3.8, 4) is 0 Å². The number of para-hydroxylation sites is 1. The summed E-state index contributed by atoms with van der Waals surface area (Å²) in [5.74, 6) is 0.885. The van der Waals surface area contributed by atoms with Crippen molar-refractivity contribution < 1.29 is 0 Å². The molecule has 1 aromatic carbocycles. The predicted octanol–water partition coefficient (Wildman–Crippen LogP) is 3.07. The van der Waals surface area contributed by atoms with Gasteiger partial charge in [0.1, 0.15) is 5.69 Å². The molecule has 0 spiro atoms. The van der Waals surface area contributed by atoms with Gasteiger partial charge in [-0.15, -0.1) is 0 Å². The van der Waals surface area contributed by atoms with Crippen molar-refractivity contribution in [2.75, 3.05) is 10.5 Å². The van der Waals surface area contributed by atoms with Gasteiger partial charge in [-0.3, -0.25) is 8.92 Å². The van der Waals surface area contributed by atoms with Gasteiger partial charge in [-0.2, -0.15) is 0 Å². The van der Waals surface area contributed by atoms with E-state index >= 15 is 0 Å². The smallest absolute Gasteiger partial charge is 0.165 e. The molecule has 4 heteroatoms. The average molecular weight is 262 g/mol. The van der Waals surface area contributed by atoms with Crippen LogP contribution in [0.4, 0.5) is 11.5 Å². The van der Waals surface area contributed by atoms with E-state index in [1.807, 2.05) is 34.4 Å². The molecule has 0 fully saturated rings. The maximum Gasteiger partial charge on any atom is 0.165 e. The second-order valence-corrected chi connectivity index (χ2v) is 4.24. The van der Waals surface area contributed by atoms with Crippen LogP contribution >= 0.6 is 16.1 Å². The van der Waals surface area contributed by atoms with E-state index in [0.717, 1.165) is 29.0 Å². The molecule has 0 saturated carbocycles. The highest BCUT2D eigenvalue weighted by Gasteiger charge is 2.14. The van der Waals surface area contributed by atoms with Crippen LogP contribution in [0.15, 0.2) is 35.3 Å². The van der Waals surface area contributed by atoms with Crippen molar-refractivity contribution >= 4 is 44.8 Å². The maximum atomic E-state index is 4.56. The minimum absolute atomic E-state index is 0.748. The SMILES string of the molecule is BrN1CC=Nc2cc3ccccc3nc21. The number of rotatable bonds is 0. The zero-order chi connectivity index (χ0) is 10.3. The average Bonchev–Trinajstić information content (AvgIpc) is 2.27. The minimum atomic E-state index is 0.748. The Balaban J connectivity index is 2.33. The van der Waals surface area contributed by atoms with Crippen LogP contribution in [-0.2, 0) is 0 Å². The Morgan fingerprint density at radius 3 is 3.07 bits per heavy atom. The molecule has 0 radical (unpaired) electrons. The van der Waals surface area contributed by atoms with Crippen molar-refractivity contribution in [3.05, 3.63) is 30.3 Å². The third kappa shape index (κ3) is 1.41. The van der Waals surface area contributed by atoms with E-state index in [0.29, 0.717) is 0 Å². The van der Waals surface area contributed by atoms with Crippen molar-refractivity contribution in [2.45, 2.75) is 0 Å². The first-order chi connectivity index (χ1) is 7.34. The molecule has 0 atom stereocenters. The summed E-state index contributed by atoms with van der Waals surface area (Å²) in [6.45, 7) is 0.748. The molecule has 0 saturated heterocycles. The molecule has 2 heterocycles. The zero-order valence-electron chi connectivity index (χ0n) is 7.89. The molecule has 0 bridgehead atoms. The summed E-state index contributed by atoms with van der Waals surface area (Å²) in [5, 5.41) is 1.12. The van der Waals surface area contributed by atoms with Crippen LogP contribution in [0.1, 0.15) is 0 Å². The highest BCUT2D eigenvalue weighted by Crippen LogP contribution is 2.33. The molecule has 74 valence electrons. The molecule has 0 amide bonds. The summed E-state index contributed by atoms with van der Waals surface area (Å²) < 4.78 is 1.92. The zero-order valence-corrected chi connectivity index (χ0v) is 9.48. The third-order valence-corrected chi connectivity index (χ3v) is 3.01. The molecule has 15 heavy (non-hydrogen) atoms. The fraction of sp³-hybridized carbons (Fsp3) is 0.0909. The van der Waals surface area contributed by atoms with Crippen molar-refractivity contribution in [1.82, 2.24) is 4.98 Å². The van der Waals surface area contributed by atoms with Crippen molar-refractivity contribution in [1.29, 1.82) is 0 Å². The molecule has 3 nitrogen and oxygen atoms in total. The first-order valence-corrected chi connectivity index (χ1v) is 5.41. The summed E-state index contributed by atoms with van der Waals surface area (Å²) in [6, 6.07) is 10.1. The molecule has 0 N–H and O–H groups in total. The molecule has 0 unspecified atom stereocenters. The van der Waals surface area contributed by atoms with E-state index in [1.165, 1.54) is 0 Å². The minimum Gasteiger partial charge on any atom is -0.286 e. The summed E-state index contributed by atoms with van der Waals surface area (Å²) in [5.41, 5.74) is 1.91. The number of benzene rings is 1. The highest BCUT2D eigenvalue weighted by molar-refractivity contribution is 9.10. The van der Waals surface area contributed by atoms with Gasteiger partial charge < -0.3 is 0 Å². The van der Waals surface area contributed by atoms with Crippen LogP contribution in [0.25, 0.3) is 10.9 Å². The van der Waals surface area contributed by atoms with E-state index in [-0.39, 0.29) is 0 Å². The van der Waals surface area contributed by atoms with Crippen LogP contribution in [0.5, 0.6) is 0 Å². The number of aromatic nitrogens is 1. The molecule has 2 aromatic rings. The number of halogens is 1. The number of nitrogens with zero attached hydrogens (tertiary/aromatic N) is 3. The number of hydrogen-bond acceptors (Lipinski definition) is 3. The number of hydrogen-bond donors (Lipinski definition) is 0. The highest BCUT2D eigenvalue weighted by atomic mass is 79.9. The van der Waals surface area contributed by atoms with Gasteiger partial charge >= 0.3 is 0 Å². The lowest BCUT2D eigenvalue weighted by molar-refractivity contribution is 1.18.